The Hall–Kier alpha value is -1.54. The Morgan fingerprint density at radius 2 is 2.00 bits per heavy atom. The Labute approximate surface area is 123 Å². The third-order valence-electron chi connectivity index (χ3n) is 2.48. The van der Waals surface area contributed by atoms with Crippen molar-refractivity contribution in [1.82, 2.24) is 10.6 Å². The van der Waals surface area contributed by atoms with Gasteiger partial charge in [0, 0.05) is 13.1 Å². The number of aliphatic hydroxyl groups is 1. The first-order valence-corrected chi connectivity index (χ1v) is 6.28. The third-order valence-corrected chi connectivity index (χ3v) is 2.78. The molecule has 0 spiro atoms. The van der Waals surface area contributed by atoms with Crippen LogP contribution in [-0.4, -0.2) is 30.4 Å². The molecular weight excluding hydrogens is 316 g/mol. The van der Waals surface area contributed by atoms with Gasteiger partial charge in [0.2, 0.25) is 0 Å². The number of carbonyl (C=O) groups excluding carboxylic acids is 1. The van der Waals surface area contributed by atoms with E-state index < -0.39 is 37.1 Å². The Kier molecular flexibility index (Phi) is 6.22. The SMILES string of the molecule is O=C(NCCC(F)(F)F)NC[C@@H](O)c1ccc(Cl)c(F)c1. The van der Waals surface area contributed by atoms with E-state index in [2.05, 4.69) is 5.32 Å². The number of hydrogen-bond donors (Lipinski definition) is 3. The zero-order chi connectivity index (χ0) is 16.0. The highest BCUT2D eigenvalue weighted by molar-refractivity contribution is 6.30. The van der Waals surface area contributed by atoms with Gasteiger partial charge in [-0.05, 0) is 17.7 Å². The summed E-state index contributed by atoms with van der Waals surface area (Å²) in [6.07, 6.45) is -6.70. The number of urea groups is 1. The maximum Gasteiger partial charge on any atom is 0.390 e. The van der Waals surface area contributed by atoms with E-state index >= 15 is 0 Å². The molecule has 0 saturated heterocycles. The molecule has 2 amide bonds. The lowest BCUT2D eigenvalue weighted by Gasteiger charge is -2.13. The molecule has 1 aromatic rings. The monoisotopic (exact) mass is 328 g/mol. The number of aliphatic hydroxyl groups excluding tert-OH is 1. The van der Waals surface area contributed by atoms with E-state index in [0.29, 0.717) is 0 Å². The van der Waals surface area contributed by atoms with Gasteiger partial charge in [-0.2, -0.15) is 13.2 Å². The molecule has 1 atom stereocenters. The minimum Gasteiger partial charge on any atom is -0.387 e. The Bertz CT molecular complexity index is 497. The Balaban J connectivity index is 2.36. The van der Waals surface area contributed by atoms with Crippen LogP contribution in [0.5, 0.6) is 0 Å². The largest absolute Gasteiger partial charge is 0.390 e. The molecule has 1 rings (SSSR count). The Morgan fingerprint density at radius 1 is 1.33 bits per heavy atom. The topological polar surface area (TPSA) is 61.4 Å². The molecule has 118 valence electrons. The maximum absolute atomic E-state index is 13.2. The predicted octanol–water partition coefficient (Wildman–Crippen LogP) is 2.76. The number of alkyl halides is 3. The van der Waals surface area contributed by atoms with Gasteiger partial charge in [-0.3, -0.25) is 0 Å². The third kappa shape index (κ3) is 6.63. The summed E-state index contributed by atoms with van der Waals surface area (Å²) in [6, 6.07) is 2.78. The van der Waals surface area contributed by atoms with Crippen molar-refractivity contribution >= 4 is 17.6 Å². The molecule has 0 aromatic heterocycles. The summed E-state index contributed by atoms with van der Waals surface area (Å²) in [5.41, 5.74) is 0.187. The van der Waals surface area contributed by atoms with Crippen LogP contribution < -0.4 is 10.6 Å². The van der Waals surface area contributed by atoms with Crippen LogP contribution in [0.15, 0.2) is 18.2 Å². The van der Waals surface area contributed by atoms with Crippen LogP contribution in [0, 0.1) is 5.82 Å². The second-order valence-electron chi connectivity index (χ2n) is 4.19. The molecule has 0 fully saturated rings. The fourth-order valence-electron chi connectivity index (χ4n) is 1.41. The standard InChI is InChI=1S/C12H13ClF4N2O2/c13-8-2-1-7(5-9(8)14)10(20)6-19-11(21)18-4-3-12(15,16)17/h1-2,5,10,20H,3-4,6H2,(H2,18,19,21)/t10-/m1/s1. The van der Waals surface area contributed by atoms with E-state index in [1.165, 1.54) is 12.1 Å². The van der Waals surface area contributed by atoms with E-state index in [1.807, 2.05) is 5.32 Å². The average molecular weight is 329 g/mol. The smallest absolute Gasteiger partial charge is 0.387 e. The fourth-order valence-corrected chi connectivity index (χ4v) is 1.52. The van der Waals surface area contributed by atoms with Crippen molar-refractivity contribution in [3.8, 4) is 0 Å². The van der Waals surface area contributed by atoms with Crippen molar-refractivity contribution in [2.45, 2.75) is 18.7 Å². The lowest BCUT2D eigenvalue weighted by atomic mass is 10.1. The van der Waals surface area contributed by atoms with Crippen molar-refractivity contribution < 1.29 is 27.5 Å². The van der Waals surface area contributed by atoms with Crippen LogP contribution in [-0.2, 0) is 0 Å². The first-order valence-electron chi connectivity index (χ1n) is 5.90. The van der Waals surface area contributed by atoms with Gasteiger partial charge in [-0.1, -0.05) is 17.7 Å². The van der Waals surface area contributed by atoms with Gasteiger partial charge in [0.15, 0.2) is 0 Å². The van der Waals surface area contributed by atoms with Crippen molar-refractivity contribution in [2.75, 3.05) is 13.1 Å². The first kappa shape index (κ1) is 17.5. The number of rotatable bonds is 5. The fraction of sp³-hybridized carbons (Fsp3) is 0.417. The number of carbonyl (C=O) groups is 1. The van der Waals surface area contributed by atoms with E-state index in [0.717, 1.165) is 6.07 Å². The summed E-state index contributed by atoms with van der Waals surface area (Å²) in [5.74, 6) is -0.720. The van der Waals surface area contributed by atoms with Gasteiger partial charge >= 0.3 is 12.2 Å². The number of hydrogen-bond acceptors (Lipinski definition) is 2. The van der Waals surface area contributed by atoms with Crippen molar-refractivity contribution in [1.29, 1.82) is 0 Å². The normalized spacial score (nSPS) is 12.9. The molecule has 9 heteroatoms. The first-order chi connectivity index (χ1) is 9.69. The summed E-state index contributed by atoms with van der Waals surface area (Å²) in [6.45, 7) is -0.847. The highest BCUT2D eigenvalue weighted by Gasteiger charge is 2.26. The molecule has 0 aliphatic carbocycles. The van der Waals surface area contributed by atoms with Gasteiger partial charge in [-0.15, -0.1) is 0 Å². The lowest BCUT2D eigenvalue weighted by Crippen LogP contribution is -2.39. The number of benzene rings is 1. The van der Waals surface area contributed by atoms with E-state index in [1.54, 1.807) is 0 Å². The van der Waals surface area contributed by atoms with Gasteiger partial charge in [-0.25, -0.2) is 9.18 Å². The summed E-state index contributed by atoms with van der Waals surface area (Å²) in [5, 5.41) is 13.8. The molecule has 0 saturated carbocycles. The lowest BCUT2D eigenvalue weighted by molar-refractivity contribution is -0.132. The molecule has 0 aliphatic rings. The highest BCUT2D eigenvalue weighted by Crippen LogP contribution is 2.20. The number of amides is 2. The van der Waals surface area contributed by atoms with Crippen LogP contribution in [0.1, 0.15) is 18.1 Å². The van der Waals surface area contributed by atoms with Crippen LogP contribution >= 0.6 is 11.6 Å². The molecule has 21 heavy (non-hydrogen) atoms. The Morgan fingerprint density at radius 3 is 2.57 bits per heavy atom. The van der Waals surface area contributed by atoms with Crippen molar-refractivity contribution in [2.24, 2.45) is 0 Å². The molecular formula is C12H13ClF4N2O2. The van der Waals surface area contributed by atoms with E-state index in [-0.39, 0.29) is 17.1 Å². The van der Waals surface area contributed by atoms with Gasteiger partial charge in [0.25, 0.3) is 0 Å². The molecule has 0 aliphatic heterocycles. The molecule has 1 aromatic carbocycles. The summed E-state index contributed by atoms with van der Waals surface area (Å²) in [4.78, 5) is 11.2. The summed E-state index contributed by atoms with van der Waals surface area (Å²) in [7, 11) is 0. The molecule has 0 heterocycles. The van der Waals surface area contributed by atoms with E-state index in [9.17, 15) is 27.5 Å². The van der Waals surface area contributed by atoms with Gasteiger partial charge in [0.1, 0.15) is 5.82 Å². The van der Waals surface area contributed by atoms with E-state index in [4.69, 9.17) is 11.6 Å². The minimum absolute atomic E-state index is 0.108. The predicted molar refractivity (Wildman–Crippen MR) is 68.4 cm³/mol. The second kappa shape index (κ2) is 7.46. The minimum atomic E-state index is -4.35. The van der Waals surface area contributed by atoms with Crippen LogP contribution in [0.3, 0.4) is 0 Å². The quantitative estimate of drug-likeness (QED) is 0.728. The molecule has 0 unspecified atom stereocenters. The highest BCUT2D eigenvalue weighted by atomic mass is 35.5. The van der Waals surface area contributed by atoms with Crippen LogP contribution in [0.25, 0.3) is 0 Å². The molecule has 4 nitrogen and oxygen atoms in total. The molecule has 0 radical (unpaired) electrons. The average Bonchev–Trinajstić information content (AvgIpc) is 2.37. The zero-order valence-electron chi connectivity index (χ0n) is 10.7. The molecule has 0 bridgehead atoms. The maximum atomic E-state index is 13.2. The van der Waals surface area contributed by atoms with Gasteiger partial charge < -0.3 is 15.7 Å². The van der Waals surface area contributed by atoms with Crippen molar-refractivity contribution in [3.05, 3.63) is 34.6 Å². The number of nitrogens with one attached hydrogen (secondary N) is 2. The van der Waals surface area contributed by atoms with Crippen LogP contribution in [0.2, 0.25) is 5.02 Å². The van der Waals surface area contributed by atoms with Crippen molar-refractivity contribution in [3.63, 3.8) is 0 Å². The second-order valence-corrected chi connectivity index (χ2v) is 4.60. The van der Waals surface area contributed by atoms with Crippen LogP contribution in [0.4, 0.5) is 22.4 Å². The number of halogens is 5. The summed E-state index contributed by atoms with van der Waals surface area (Å²) < 4.78 is 48.7. The summed E-state index contributed by atoms with van der Waals surface area (Å²) >= 11 is 5.48. The van der Waals surface area contributed by atoms with Gasteiger partial charge in [0.05, 0.1) is 17.5 Å². The zero-order valence-corrected chi connectivity index (χ0v) is 11.4. The molecule has 3 N–H and O–H groups in total.